The van der Waals surface area contributed by atoms with Crippen LogP contribution in [0.25, 0.3) is 21.9 Å². The number of rotatable bonds is 5. The maximum absolute atomic E-state index is 13.3. The third-order valence-electron chi connectivity index (χ3n) is 6.08. The summed E-state index contributed by atoms with van der Waals surface area (Å²) in [6, 6.07) is 27.4. The molecule has 0 amide bonds. The molecule has 4 heteroatoms. The van der Waals surface area contributed by atoms with Gasteiger partial charge in [-0.3, -0.25) is 4.79 Å². The highest BCUT2D eigenvalue weighted by atomic mass is 16.6. The van der Waals surface area contributed by atoms with Crippen molar-refractivity contribution in [2.75, 3.05) is 0 Å². The minimum Gasteiger partial charge on any atom is -0.478 e. The molecule has 1 aliphatic rings. The van der Waals surface area contributed by atoms with Crippen LogP contribution in [0.15, 0.2) is 84.9 Å². The van der Waals surface area contributed by atoms with Crippen molar-refractivity contribution in [3.8, 4) is 11.1 Å². The van der Waals surface area contributed by atoms with Gasteiger partial charge in [-0.05, 0) is 45.5 Å². The molecule has 158 valence electrons. The predicted octanol–water partition coefficient (Wildman–Crippen LogP) is 5.50. The van der Waals surface area contributed by atoms with Crippen LogP contribution in [0.2, 0.25) is 0 Å². The van der Waals surface area contributed by atoms with Crippen LogP contribution >= 0.6 is 0 Å². The van der Waals surface area contributed by atoms with E-state index in [2.05, 4.69) is 0 Å². The van der Waals surface area contributed by atoms with Gasteiger partial charge in [-0.25, -0.2) is 4.79 Å². The third kappa shape index (κ3) is 3.54. The first-order valence-corrected chi connectivity index (χ1v) is 10.6. The molecule has 0 aromatic heterocycles. The van der Waals surface area contributed by atoms with Gasteiger partial charge < -0.3 is 9.84 Å². The van der Waals surface area contributed by atoms with Crippen molar-refractivity contribution in [3.63, 3.8) is 0 Å². The van der Waals surface area contributed by atoms with Crippen molar-refractivity contribution in [1.82, 2.24) is 0 Å². The number of hydrogen-bond donors (Lipinski definition) is 1. The van der Waals surface area contributed by atoms with E-state index in [9.17, 15) is 14.7 Å². The Kier molecular flexibility index (Phi) is 4.98. The molecule has 0 saturated heterocycles. The zero-order valence-electron chi connectivity index (χ0n) is 17.6. The predicted molar refractivity (Wildman–Crippen MR) is 124 cm³/mol. The molecule has 4 nitrogen and oxygen atoms in total. The molecule has 1 aliphatic carbocycles. The number of aryl methyl sites for hydroxylation is 1. The minimum atomic E-state index is -1.26. The number of esters is 1. The molecule has 0 heterocycles. The highest BCUT2D eigenvalue weighted by Crippen LogP contribution is 2.45. The zero-order valence-corrected chi connectivity index (χ0v) is 17.6. The topological polar surface area (TPSA) is 63.6 Å². The second-order valence-electron chi connectivity index (χ2n) is 8.26. The first-order valence-electron chi connectivity index (χ1n) is 10.6. The quantitative estimate of drug-likeness (QED) is 0.432. The summed E-state index contributed by atoms with van der Waals surface area (Å²) in [5.41, 5.74) is 5.56. The SMILES string of the molecule is Cc1ccc2c(c1)C(C(=O)O[C@H](Cc1ccc3ccccc3c1)C(=O)O)c1ccccc1-2. The number of benzene rings is 4. The average molecular weight is 422 g/mol. The number of aliphatic carboxylic acids is 1. The molecule has 32 heavy (non-hydrogen) atoms. The molecule has 2 atom stereocenters. The van der Waals surface area contributed by atoms with E-state index < -0.39 is 24.0 Å². The molecule has 0 fully saturated rings. The van der Waals surface area contributed by atoms with Crippen LogP contribution < -0.4 is 0 Å². The standard InChI is InChI=1S/C28H22O4/c1-17-10-13-22-21-8-4-5-9-23(21)26(24(22)14-17)28(31)32-25(27(29)30)16-18-11-12-19-6-2-3-7-20(19)15-18/h2-15,25-26H,16H2,1H3,(H,29,30)/t25-,26?/m1/s1. The van der Waals surface area contributed by atoms with Crippen molar-refractivity contribution in [3.05, 3.63) is 107 Å². The molecule has 0 spiro atoms. The number of fused-ring (bicyclic) bond motifs is 4. The Morgan fingerprint density at radius 1 is 0.844 bits per heavy atom. The molecule has 0 saturated carbocycles. The van der Waals surface area contributed by atoms with Gasteiger partial charge in [0.2, 0.25) is 6.10 Å². The van der Waals surface area contributed by atoms with Gasteiger partial charge in [-0.2, -0.15) is 0 Å². The first-order chi connectivity index (χ1) is 15.5. The highest BCUT2D eigenvalue weighted by Gasteiger charge is 2.37. The van der Waals surface area contributed by atoms with Crippen LogP contribution in [0.4, 0.5) is 0 Å². The maximum Gasteiger partial charge on any atom is 0.345 e. The summed E-state index contributed by atoms with van der Waals surface area (Å²) in [5.74, 6) is -2.31. The fraction of sp³-hybridized carbons (Fsp3) is 0.143. The van der Waals surface area contributed by atoms with Gasteiger partial charge >= 0.3 is 11.9 Å². The molecular formula is C28H22O4. The van der Waals surface area contributed by atoms with E-state index in [1.165, 1.54) is 0 Å². The van der Waals surface area contributed by atoms with Crippen molar-refractivity contribution in [2.24, 2.45) is 0 Å². The Hall–Kier alpha value is -3.92. The molecular weight excluding hydrogens is 400 g/mol. The Labute approximate surface area is 186 Å². The fourth-order valence-electron chi connectivity index (χ4n) is 4.55. The molecule has 0 aliphatic heterocycles. The largest absolute Gasteiger partial charge is 0.478 e. The molecule has 0 radical (unpaired) electrons. The van der Waals surface area contributed by atoms with E-state index in [1.54, 1.807) is 0 Å². The van der Waals surface area contributed by atoms with Crippen LogP contribution in [0, 0.1) is 6.92 Å². The number of carbonyl (C=O) groups excluding carboxylic acids is 1. The summed E-state index contributed by atoms with van der Waals surface area (Å²) >= 11 is 0. The lowest BCUT2D eigenvalue weighted by atomic mass is 9.96. The number of carboxylic acids is 1. The second-order valence-corrected chi connectivity index (χ2v) is 8.26. The fourth-order valence-corrected chi connectivity index (χ4v) is 4.55. The summed E-state index contributed by atoms with van der Waals surface area (Å²) in [6.07, 6.45) is -1.15. The Bertz CT molecular complexity index is 1350. The first kappa shape index (κ1) is 20.0. The molecule has 1 N–H and O–H groups in total. The van der Waals surface area contributed by atoms with Gasteiger partial charge in [-0.15, -0.1) is 0 Å². The molecule has 5 rings (SSSR count). The molecule has 4 aromatic carbocycles. The van der Waals surface area contributed by atoms with E-state index in [0.717, 1.165) is 44.2 Å². The van der Waals surface area contributed by atoms with Gasteiger partial charge in [0.1, 0.15) is 5.92 Å². The van der Waals surface area contributed by atoms with Crippen LogP contribution in [0.1, 0.15) is 28.2 Å². The van der Waals surface area contributed by atoms with Crippen LogP contribution in [0.3, 0.4) is 0 Å². The van der Waals surface area contributed by atoms with E-state index in [1.807, 2.05) is 91.9 Å². The highest BCUT2D eigenvalue weighted by molar-refractivity contribution is 5.94. The molecule has 4 aromatic rings. The smallest absolute Gasteiger partial charge is 0.345 e. The van der Waals surface area contributed by atoms with E-state index in [4.69, 9.17) is 4.74 Å². The molecule has 1 unspecified atom stereocenters. The van der Waals surface area contributed by atoms with Crippen LogP contribution in [0.5, 0.6) is 0 Å². The summed E-state index contributed by atoms with van der Waals surface area (Å²) in [4.78, 5) is 25.3. The monoisotopic (exact) mass is 422 g/mol. The van der Waals surface area contributed by atoms with Gasteiger partial charge in [0.15, 0.2) is 0 Å². The van der Waals surface area contributed by atoms with Gasteiger partial charge in [0.05, 0.1) is 0 Å². The average Bonchev–Trinajstić information content (AvgIpc) is 3.12. The Morgan fingerprint density at radius 3 is 2.38 bits per heavy atom. The lowest BCUT2D eigenvalue weighted by Gasteiger charge is -2.18. The van der Waals surface area contributed by atoms with E-state index in [-0.39, 0.29) is 6.42 Å². The van der Waals surface area contributed by atoms with Crippen molar-refractivity contribution < 1.29 is 19.4 Å². The van der Waals surface area contributed by atoms with E-state index >= 15 is 0 Å². The Morgan fingerprint density at radius 2 is 1.56 bits per heavy atom. The number of carbonyl (C=O) groups is 2. The van der Waals surface area contributed by atoms with Crippen LogP contribution in [-0.4, -0.2) is 23.1 Å². The summed E-state index contributed by atoms with van der Waals surface area (Å²) in [5, 5.41) is 11.9. The van der Waals surface area contributed by atoms with Gasteiger partial charge in [0, 0.05) is 6.42 Å². The lowest BCUT2D eigenvalue weighted by molar-refractivity contribution is -0.164. The van der Waals surface area contributed by atoms with Crippen LogP contribution in [-0.2, 0) is 20.7 Å². The number of carboxylic acid groups (broad SMARTS) is 1. The zero-order chi connectivity index (χ0) is 22.2. The second kappa shape index (κ2) is 7.97. The summed E-state index contributed by atoms with van der Waals surface area (Å²) < 4.78 is 5.63. The number of ether oxygens (including phenoxy) is 1. The Balaban J connectivity index is 1.44. The van der Waals surface area contributed by atoms with E-state index in [0.29, 0.717) is 0 Å². The van der Waals surface area contributed by atoms with Crippen molar-refractivity contribution >= 4 is 22.7 Å². The van der Waals surface area contributed by atoms with Gasteiger partial charge in [0.25, 0.3) is 0 Å². The summed E-state index contributed by atoms with van der Waals surface area (Å²) in [6.45, 7) is 1.98. The lowest BCUT2D eigenvalue weighted by Crippen LogP contribution is -2.31. The normalized spacial score (nSPS) is 15.1. The maximum atomic E-state index is 13.3. The minimum absolute atomic E-state index is 0.112. The number of hydrogen-bond acceptors (Lipinski definition) is 3. The van der Waals surface area contributed by atoms with Crippen molar-refractivity contribution in [2.45, 2.75) is 25.4 Å². The van der Waals surface area contributed by atoms with Gasteiger partial charge in [-0.1, -0.05) is 90.5 Å². The van der Waals surface area contributed by atoms with Crippen molar-refractivity contribution in [1.29, 1.82) is 0 Å². The molecule has 0 bridgehead atoms. The third-order valence-corrected chi connectivity index (χ3v) is 6.08. The summed E-state index contributed by atoms with van der Waals surface area (Å²) in [7, 11) is 0.